The van der Waals surface area contributed by atoms with Crippen molar-refractivity contribution in [1.29, 1.82) is 0 Å². The van der Waals surface area contributed by atoms with Crippen LogP contribution in [0.5, 0.6) is 11.5 Å². The van der Waals surface area contributed by atoms with Gasteiger partial charge in [-0.15, -0.1) is 10.2 Å². The highest BCUT2D eigenvalue weighted by molar-refractivity contribution is 5.96. The zero-order valence-electron chi connectivity index (χ0n) is 14.8. The van der Waals surface area contributed by atoms with Crippen LogP contribution in [0, 0.1) is 0 Å². The lowest BCUT2D eigenvalue weighted by atomic mass is 10.2. The summed E-state index contributed by atoms with van der Waals surface area (Å²) in [5, 5.41) is 15.6. The van der Waals surface area contributed by atoms with Gasteiger partial charge in [-0.2, -0.15) is 5.21 Å². The summed E-state index contributed by atoms with van der Waals surface area (Å²) >= 11 is 0. The molecule has 4 aromatic rings. The Kier molecular flexibility index (Phi) is 4.04. The number of methoxy groups -OCH3 is 1. The Morgan fingerprint density at radius 2 is 1.88 bits per heavy atom. The monoisotopic (exact) mass is 349 g/mol. The molecule has 0 saturated heterocycles. The Balaban J connectivity index is 2.12. The number of fused-ring (bicyclic) bond motifs is 1. The minimum absolute atomic E-state index is 0.0123. The first kappa shape index (κ1) is 16.1. The maximum absolute atomic E-state index is 6.19. The molecule has 0 atom stereocenters. The van der Waals surface area contributed by atoms with Crippen molar-refractivity contribution in [3.8, 4) is 28.7 Å². The van der Waals surface area contributed by atoms with Gasteiger partial charge in [0.2, 0.25) is 5.82 Å². The van der Waals surface area contributed by atoms with Crippen LogP contribution in [0.3, 0.4) is 0 Å². The summed E-state index contributed by atoms with van der Waals surface area (Å²) in [6.45, 7) is 3.98. The number of hydrogen-bond donors (Lipinski definition) is 1. The lowest BCUT2D eigenvalue weighted by molar-refractivity contribution is 0.246. The van der Waals surface area contributed by atoms with E-state index in [4.69, 9.17) is 9.47 Å². The highest BCUT2D eigenvalue weighted by Crippen LogP contribution is 2.42. The predicted octanol–water partition coefficient (Wildman–Crippen LogP) is 3.61. The number of tetrazole rings is 1. The number of aromatic nitrogens is 5. The van der Waals surface area contributed by atoms with E-state index >= 15 is 0 Å². The van der Waals surface area contributed by atoms with Gasteiger partial charge in [0.25, 0.3) is 0 Å². The summed E-state index contributed by atoms with van der Waals surface area (Å²) in [6.07, 6.45) is -0.0123. The Morgan fingerprint density at radius 1 is 1.08 bits per heavy atom. The van der Waals surface area contributed by atoms with Gasteiger partial charge in [-0.3, -0.25) is 0 Å². The van der Waals surface area contributed by atoms with Crippen LogP contribution in [0.1, 0.15) is 13.8 Å². The highest BCUT2D eigenvalue weighted by atomic mass is 16.5. The van der Waals surface area contributed by atoms with Crippen LogP contribution in [0.15, 0.2) is 48.5 Å². The van der Waals surface area contributed by atoms with Gasteiger partial charge in [0, 0.05) is 11.1 Å². The van der Waals surface area contributed by atoms with E-state index in [0.29, 0.717) is 11.6 Å². The maximum Gasteiger partial charge on any atom is 0.225 e. The molecule has 0 aliphatic carbocycles. The molecular weight excluding hydrogens is 330 g/mol. The first-order valence-electron chi connectivity index (χ1n) is 8.37. The molecule has 0 radical (unpaired) electrons. The average Bonchev–Trinajstić information content (AvgIpc) is 3.28. The summed E-state index contributed by atoms with van der Waals surface area (Å²) in [5.74, 6) is 1.94. The molecule has 4 rings (SSSR count). The number of ether oxygens (including phenoxy) is 2. The van der Waals surface area contributed by atoms with Gasteiger partial charge in [0.1, 0.15) is 11.4 Å². The van der Waals surface area contributed by atoms with E-state index in [1.165, 1.54) is 0 Å². The third-order valence-electron chi connectivity index (χ3n) is 4.05. The molecule has 0 amide bonds. The minimum atomic E-state index is -0.0123. The summed E-state index contributed by atoms with van der Waals surface area (Å²) in [7, 11) is 1.65. The normalized spacial score (nSPS) is 11.2. The molecule has 1 N–H and O–H groups in total. The second kappa shape index (κ2) is 6.51. The zero-order chi connectivity index (χ0) is 18.1. The molecule has 26 heavy (non-hydrogen) atoms. The molecule has 0 spiro atoms. The van der Waals surface area contributed by atoms with Crippen molar-refractivity contribution >= 4 is 10.9 Å². The van der Waals surface area contributed by atoms with E-state index in [1.807, 2.05) is 62.4 Å². The standard InChI is InChI=1S/C19H19N5O2/c1-12(2)26-18-15-11-14(25-3)9-10-16(15)24(13-7-5-4-6-8-13)17(18)19-20-22-23-21-19/h4-12H,1-3H3,(H,20,21,22,23). The molecule has 0 unspecified atom stereocenters. The number of nitrogens with zero attached hydrogens (tertiary/aromatic N) is 4. The topological polar surface area (TPSA) is 77.8 Å². The Bertz CT molecular complexity index is 1020. The highest BCUT2D eigenvalue weighted by Gasteiger charge is 2.25. The smallest absolute Gasteiger partial charge is 0.225 e. The molecule has 132 valence electrons. The van der Waals surface area contributed by atoms with Crippen LogP contribution in [0.4, 0.5) is 0 Å². The fourth-order valence-corrected chi connectivity index (χ4v) is 3.03. The van der Waals surface area contributed by atoms with Crippen molar-refractivity contribution in [1.82, 2.24) is 25.2 Å². The molecule has 2 heterocycles. The van der Waals surface area contributed by atoms with Crippen LogP contribution in [-0.4, -0.2) is 38.4 Å². The quantitative estimate of drug-likeness (QED) is 0.595. The molecule has 0 aliphatic rings. The lowest BCUT2D eigenvalue weighted by Gasteiger charge is -2.12. The Morgan fingerprint density at radius 3 is 2.54 bits per heavy atom. The van der Waals surface area contributed by atoms with Gasteiger partial charge in [-0.25, -0.2) is 0 Å². The average molecular weight is 349 g/mol. The SMILES string of the molecule is COc1ccc2c(c1)c(OC(C)C)c(-c1nn[nH]n1)n2-c1ccccc1. The molecule has 7 heteroatoms. The Hall–Kier alpha value is -3.35. The van der Waals surface area contributed by atoms with E-state index in [1.54, 1.807) is 7.11 Å². The van der Waals surface area contributed by atoms with Gasteiger partial charge in [0.05, 0.1) is 18.7 Å². The number of benzene rings is 2. The largest absolute Gasteiger partial charge is 0.497 e. The second-order valence-electron chi connectivity index (χ2n) is 6.13. The van der Waals surface area contributed by atoms with Crippen LogP contribution in [0.25, 0.3) is 28.1 Å². The van der Waals surface area contributed by atoms with Gasteiger partial charge >= 0.3 is 0 Å². The number of H-pyrrole nitrogens is 1. The number of rotatable bonds is 5. The number of hydrogen-bond acceptors (Lipinski definition) is 5. The maximum atomic E-state index is 6.19. The van der Waals surface area contributed by atoms with Crippen molar-refractivity contribution in [3.05, 3.63) is 48.5 Å². The van der Waals surface area contributed by atoms with Gasteiger partial charge in [-0.1, -0.05) is 18.2 Å². The van der Waals surface area contributed by atoms with Gasteiger partial charge in [0.15, 0.2) is 5.75 Å². The molecule has 7 nitrogen and oxygen atoms in total. The van der Waals surface area contributed by atoms with Crippen LogP contribution in [0.2, 0.25) is 0 Å². The number of para-hydroxylation sites is 1. The fourth-order valence-electron chi connectivity index (χ4n) is 3.03. The number of aromatic amines is 1. The minimum Gasteiger partial charge on any atom is -0.497 e. The van der Waals surface area contributed by atoms with E-state index in [0.717, 1.165) is 28.0 Å². The molecule has 0 bridgehead atoms. The summed E-state index contributed by atoms with van der Waals surface area (Å²) in [6, 6.07) is 16.0. The lowest BCUT2D eigenvalue weighted by Crippen LogP contribution is -2.07. The molecule has 2 aromatic heterocycles. The van der Waals surface area contributed by atoms with Crippen LogP contribution < -0.4 is 9.47 Å². The van der Waals surface area contributed by atoms with Gasteiger partial charge < -0.3 is 14.0 Å². The van der Waals surface area contributed by atoms with Crippen LogP contribution in [-0.2, 0) is 0 Å². The molecule has 0 saturated carbocycles. The van der Waals surface area contributed by atoms with Crippen molar-refractivity contribution < 1.29 is 9.47 Å². The zero-order valence-corrected chi connectivity index (χ0v) is 14.8. The predicted molar refractivity (Wildman–Crippen MR) is 98.8 cm³/mol. The second-order valence-corrected chi connectivity index (χ2v) is 6.13. The summed E-state index contributed by atoms with van der Waals surface area (Å²) in [5.41, 5.74) is 2.72. The first-order chi connectivity index (χ1) is 12.7. The first-order valence-corrected chi connectivity index (χ1v) is 8.37. The van der Waals surface area contributed by atoms with Gasteiger partial charge in [-0.05, 0) is 49.4 Å². The van der Waals surface area contributed by atoms with E-state index < -0.39 is 0 Å². The van der Waals surface area contributed by atoms with Crippen LogP contribution >= 0.6 is 0 Å². The third kappa shape index (κ3) is 2.67. The fraction of sp³-hybridized carbons (Fsp3) is 0.211. The summed E-state index contributed by atoms with van der Waals surface area (Å²) in [4.78, 5) is 0. The van der Waals surface area contributed by atoms with Crippen molar-refractivity contribution in [2.24, 2.45) is 0 Å². The molecule has 2 aromatic carbocycles. The van der Waals surface area contributed by atoms with Crippen molar-refractivity contribution in [2.45, 2.75) is 20.0 Å². The molecule has 0 aliphatic heterocycles. The third-order valence-corrected chi connectivity index (χ3v) is 4.05. The van der Waals surface area contributed by atoms with Crippen molar-refractivity contribution in [3.63, 3.8) is 0 Å². The van der Waals surface area contributed by atoms with E-state index in [2.05, 4.69) is 25.2 Å². The number of nitrogens with one attached hydrogen (secondary N) is 1. The summed E-state index contributed by atoms with van der Waals surface area (Å²) < 4.78 is 13.7. The molecule has 0 fully saturated rings. The Labute approximate surface area is 150 Å². The molecular formula is C19H19N5O2. The van der Waals surface area contributed by atoms with E-state index in [-0.39, 0.29) is 6.10 Å². The van der Waals surface area contributed by atoms with E-state index in [9.17, 15) is 0 Å². The van der Waals surface area contributed by atoms with Crippen molar-refractivity contribution in [2.75, 3.05) is 7.11 Å².